The van der Waals surface area contributed by atoms with Gasteiger partial charge in [0.15, 0.2) is 5.12 Å². The maximum atomic E-state index is 12.6. The Kier molecular flexibility index (Phi) is 8.01. The average Bonchev–Trinajstić information content (AvgIpc) is 2.61. The summed E-state index contributed by atoms with van der Waals surface area (Å²) in [6, 6.07) is 9.89. The fourth-order valence-electron chi connectivity index (χ4n) is 3.00. The zero-order chi connectivity index (χ0) is 18.1. The van der Waals surface area contributed by atoms with Gasteiger partial charge < -0.3 is 10.2 Å². The molecular formula is C19H27N3O2S. The Bertz CT molecular complexity index is 571. The van der Waals surface area contributed by atoms with Crippen LogP contribution in [0.4, 0.5) is 4.79 Å². The summed E-state index contributed by atoms with van der Waals surface area (Å²) in [6.07, 6.45) is 3.55. The Morgan fingerprint density at radius 3 is 2.48 bits per heavy atom. The van der Waals surface area contributed by atoms with Crippen molar-refractivity contribution in [1.82, 2.24) is 15.1 Å². The highest BCUT2D eigenvalue weighted by Crippen LogP contribution is 2.10. The summed E-state index contributed by atoms with van der Waals surface area (Å²) in [5.41, 5.74) is 1.15. The van der Waals surface area contributed by atoms with Crippen molar-refractivity contribution in [2.24, 2.45) is 0 Å². The molecule has 1 atom stereocenters. The molecule has 6 heteroatoms. The second-order valence-corrected chi connectivity index (χ2v) is 6.84. The molecule has 0 spiro atoms. The smallest absolute Gasteiger partial charge is 0.317 e. The van der Waals surface area contributed by atoms with Crippen molar-refractivity contribution in [3.63, 3.8) is 0 Å². The van der Waals surface area contributed by atoms with Crippen LogP contribution in [0.2, 0.25) is 0 Å². The Balaban J connectivity index is 1.89. The number of hydrogen-bond acceptors (Lipinski definition) is 3. The summed E-state index contributed by atoms with van der Waals surface area (Å²) in [6.45, 7) is 7.75. The van der Waals surface area contributed by atoms with Gasteiger partial charge in [-0.1, -0.05) is 36.4 Å². The Morgan fingerprint density at radius 2 is 1.88 bits per heavy atom. The van der Waals surface area contributed by atoms with Crippen LogP contribution >= 0.6 is 12.6 Å². The Morgan fingerprint density at radius 1 is 1.20 bits per heavy atom. The molecule has 1 saturated heterocycles. The van der Waals surface area contributed by atoms with E-state index in [2.05, 4.69) is 29.4 Å². The third-order valence-corrected chi connectivity index (χ3v) is 4.63. The molecule has 1 fully saturated rings. The van der Waals surface area contributed by atoms with Crippen molar-refractivity contribution in [2.45, 2.75) is 25.3 Å². The molecule has 1 heterocycles. The molecule has 1 aromatic carbocycles. The van der Waals surface area contributed by atoms with Gasteiger partial charge in [-0.15, -0.1) is 19.2 Å². The van der Waals surface area contributed by atoms with Gasteiger partial charge in [-0.3, -0.25) is 9.69 Å². The van der Waals surface area contributed by atoms with E-state index in [1.54, 1.807) is 0 Å². The lowest BCUT2D eigenvalue weighted by molar-refractivity contribution is -0.111. The minimum Gasteiger partial charge on any atom is -0.335 e. The fraction of sp³-hybridized carbons (Fsp3) is 0.474. The summed E-state index contributed by atoms with van der Waals surface area (Å²) in [7, 11) is 0. The van der Waals surface area contributed by atoms with Crippen LogP contribution in [0.15, 0.2) is 43.0 Å². The van der Waals surface area contributed by atoms with E-state index >= 15 is 0 Å². The third-order valence-electron chi connectivity index (χ3n) is 4.41. The van der Waals surface area contributed by atoms with Crippen molar-refractivity contribution in [3.05, 3.63) is 48.6 Å². The number of hydrogen-bond donors (Lipinski definition) is 2. The van der Waals surface area contributed by atoms with Crippen LogP contribution in [0.25, 0.3) is 0 Å². The normalized spacial score (nSPS) is 16.3. The van der Waals surface area contributed by atoms with Crippen molar-refractivity contribution in [1.29, 1.82) is 0 Å². The molecule has 0 aliphatic carbocycles. The second kappa shape index (κ2) is 10.3. The Hall–Kier alpha value is -1.79. The van der Waals surface area contributed by atoms with E-state index in [9.17, 15) is 9.59 Å². The van der Waals surface area contributed by atoms with E-state index < -0.39 is 0 Å². The number of piperazine rings is 1. The number of thiol groups is 1. The van der Waals surface area contributed by atoms with Crippen LogP contribution in [-0.4, -0.2) is 59.7 Å². The minimum absolute atomic E-state index is 0.0502. The highest BCUT2D eigenvalue weighted by Gasteiger charge is 2.22. The second-order valence-electron chi connectivity index (χ2n) is 6.34. The molecule has 0 bridgehead atoms. The maximum Gasteiger partial charge on any atom is 0.317 e. The van der Waals surface area contributed by atoms with Gasteiger partial charge in [0, 0.05) is 45.2 Å². The van der Waals surface area contributed by atoms with Gasteiger partial charge in [0.05, 0.1) is 0 Å². The number of carbonyl (C=O) groups is 2. The van der Waals surface area contributed by atoms with Gasteiger partial charge in [-0.2, -0.15) is 0 Å². The molecule has 1 aliphatic heterocycles. The van der Waals surface area contributed by atoms with E-state index in [4.69, 9.17) is 0 Å². The average molecular weight is 362 g/mol. The summed E-state index contributed by atoms with van der Waals surface area (Å²) in [5.74, 6) is 0. The van der Waals surface area contributed by atoms with E-state index in [1.165, 1.54) is 0 Å². The van der Waals surface area contributed by atoms with Crippen LogP contribution in [0.1, 0.15) is 18.4 Å². The first kappa shape index (κ1) is 19.5. The van der Waals surface area contributed by atoms with Crippen molar-refractivity contribution in [2.75, 3.05) is 32.7 Å². The van der Waals surface area contributed by atoms with Crippen molar-refractivity contribution < 1.29 is 9.59 Å². The summed E-state index contributed by atoms with van der Waals surface area (Å²) >= 11 is 3.85. The lowest BCUT2D eigenvalue weighted by atomic mass is 10.0. The summed E-state index contributed by atoms with van der Waals surface area (Å²) in [5, 5.41) is 2.95. The van der Waals surface area contributed by atoms with E-state index in [0.29, 0.717) is 32.4 Å². The third kappa shape index (κ3) is 6.92. The number of amides is 2. The predicted octanol–water partition coefficient (Wildman–Crippen LogP) is 2.35. The van der Waals surface area contributed by atoms with Gasteiger partial charge in [-0.05, 0) is 18.4 Å². The molecule has 0 saturated carbocycles. The fourth-order valence-corrected chi connectivity index (χ4v) is 3.13. The predicted molar refractivity (Wildman–Crippen MR) is 104 cm³/mol. The van der Waals surface area contributed by atoms with Gasteiger partial charge in [0.25, 0.3) is 0 Å². The van der Waals surface area contributed by atoms with Crippen molar-refractivity contribution >= 4 is 23.8 Å². The first-order valence-corrected chi connectivity index (χ1v) is 9.17. The first-order valence-electron chi connectivity index (χ1n) is 8.73. The molecule has 136 valence electrons. The monoisotopic (exact) mass is 361 g/mol. The van der Waals surface area contributed by atoms with Gasteiger partial charge in [0.1, 0.15) is 0 Å². The first-order chi connectivity index (χ1) is 12.1. The van der Waals surface area contributed by atoms with Crippen LogP contribution < -0.4 is 5.32 Å². The minimum atomic E-state index is -0.148. The molecule has 0 aromatic heterocycles. The molecule has 5 nitrogen and oxygen atoms in total. The quantitative estimate of drug-likeness (QED) is 0.552. The standard InChI is InChI=1S/C19H27N3O2S/c1-2-10-21-11-13-22(14-12-21)19(24)20-17(8-9-18(23)25)15-16-6-4-3-5-7-16/h2-7,17H,1,8-15H2,(H,20,24)(H,23,25). The molecule has 1 aliphatic rings. The van der Waals surface area contributed by atoms with Crippen LogP contribution in [-0.2, 0) is 11.2 Å². The zero-order valence-corrected chi connectivity index (χ0v) is 15.5. The van der Waals surface area contributed by atoms with Gasteiger partial charge in [0.2, 0.25) is 0 Å². The van der Waals surface area contributed by atoms with E-state index in [1.807, 2.05) is 41.3 Å². The number of nitrogens with one attached hydrogen (secondary N) is 1. The van der Waals surface area contributed by atoms with Crippen LogP contribution in [0.3, 0.4) is 0 Å². The number of carbonyl (C=O) groups excluding carboxylic acids is 2. The topological polar surface area (TPSA) is 52.6 Å². The molecule has 2 amide bonds. The van der Waals surface area contributed by atoms with E-state index in [-0.39, 0.29) is 17.2 Å². The zero-order valence-electron chi connectivity index (χ0n) is 14.6. The largest absolute Gasteiger partial charge is 0.335 e. The van der Waals surface area contributed by atoms with Crippen LogP contribution in [0, 0.1) is 0 Å². The molecular weight excluding hydrogens is 334 g/mol. The highest BCUT2D eigenvalue weighted by atomic mass is 32.1. The van der Waals surface area contributed by atoms with E-state index in [0.717, 1.165) is 25.2 Å². The SMILES string of the molecule is C=CCN1CCN(C(=O)NC(CCC(=O)S)Cc2ccccc2)CC1. The molecule has 1 N–H and O–H groups in total. The lowest BCUT2D eigenvalue weighted by Gasteiger charge is -2.35. The summed E-state index contributed by atoms with van der Waals surface area (Å²) < 4.78 is 0. The maximum absolute atomic E-state index is 12.6. The number of benzene rings is 1. The van der Waals surface area contributed by atoms with Crippen molar-refractivity contribution in [3.8, 4) is 0 Å². The van der Waals surface area contributed by atoms with Crippen LogP contribution in [0.5, 0.6) is 0 Å². The number of nitrogens with zero attached hydrogens (tertiary/aromatic N) is 2. The number of rotatable bonds is 8. The molecule has 2 rings (SSSR count). The molecule has 1 aromatic rings. The highest BCUT2D eigenvalue weighted by molar-refractivity contribution is 7.96. The van der Waals surface area contributed by atoms with Gasteiger partial charge in [-0.25, -0.2) is 4.79 Å². The number of urea groups is 1. The molecule has 1 unspecified atom stereocenters. The van der Waals surface area contributed by atoms with Gasteiger partial charge >= 0.3 is 6.03 Å². The lowest BCUT2D eigenvalue weighted by Crippen LogP contribution is -2.53. The molecule has 0 radical (unpaired) electrons. The summed E-state index contributed by atoms with van der Waals surface area (Å²) in [4.78, 5) is 27.9. The molecule has 25 heavy (non-hydrogen) atoms. The Labute approximate surface area is 155 Å².